The highest BCUT2D eigenvalue weighted by atomic mass is 127. The summed E-state index contributed by atoms with van der Waals surface area (Å²) >= 11 is 1.73. The van der Waals surface area contributed by atoms with Gasteiger partial charge in [-0.15, -0.1) is 24.0 Å². The number of nitrogens with zero attached hydrogens (tertiary/aromatic N) is 2. The van der Waals surface area contributed by atoms with Crippen LogP contribution in [0.3, 0.4) is 0 Å². The molecule has 0 aliphatic carbocycles. The van der Waals surface area contributed by atoms with Crippen LogP contribution >= 0.6 is 35.3 Å². The Balaban J connectivity index is 0.00000242. The summed E-state index contributed by atoms with van der Waals surface area (Å²) in [5.74, 6) is 0.881. The van der Waals surface area contributed by atoms with Crippen molar-refractivity contribution in [2.45, 2.75) is 45.2 Å². The minimum Gasteiger partial charge on any atom is -0.355 e. The molecule has 1 fully saturated rings. The van der Waals surface area contributed by atoms with Crippen LogP contribution in [-0.4, -0.2) is 43.1 Å². The van der Waals surface area contributed by atoms with Gasteiger partial charge in [0.15, 0.2) is 5.96 Å². The van der Waals surface area contributed by atoms with Crippen LogP contribution in [0.4, 0.5) is 0 Å². The lowest BCUT2D eigenvalue weighted by molar-refractivity contribution is 0.0982. The average molecular weight is 436 g/mol. The molecule has 0 aromatic carbocycles. The van der Waals surface area contributed by atoms with E-state index in [0.29, 0.717) is 0 Å². The number of nitrogens with one attached hydrogen (secondary N) is 2. The molecule has 2 heterocycles. The quantitative estimate of drug-likeness (QED) is 0.423. The monoisotopic (exact) mass is 436 g/mol. The van der Waals surface area contributed by atoms with Gasteiger partial charge >= 0.3 is 0 Å². The third kappa shape index (κ3) is 6.04. The van der Waals surface area contributed by atoms with Gasteiger partial charge in [0.05, 0.1) is 0 Å². The van der Waals surface area contributed by atoms with Crippen LogP contribution in [0.15, 0.2) is 21.8 Å². The van der Waals surface area contributed by atoms with Crippen molar-refractivity contribution in [2.24, 2.45) is 4.99 Å². The first-order chi connectivity index (χ1) is 10.1. The van der Waals surface area contributed by atoms with Crippen LogP contribution in [0.1, 0.15) is 38.7 Å². The van der Waals surface area contributed by atoms with Crippen molar-refractivity contribution in [2.75, 3.05) is 26.7 Å². The predicted octanol–water partition coefficient (Wildman–Crippen LogP) is 3.30. The van der Waals surface area contributed by atoms with Gasteiger partial charge in [-0.2, -0.15) is 11.3 Å². The molecule has 0 spiro atoms. The van der Waals surface area contributed by atoms with Crippen molar-refractivity contribution in [1.82, 2.24) is 15.5 Å². The third-order valence-corrected chi connectivity index (χ3v) is 4.90. The highest BCUT2D eigenvalue weighted by Gasteiger charge is 2.27. The maximum Gasteiger partial charge on any atom is 0.191 e. The first kappa shape index (κ1) is 19.7. The zero-order chi connectivity index (χ0) is 15.1. The van der Waals surface area contributed by atoms with Crippen LogP contribution in [-0.2, 0) is 6.54 Å². The lowest BCUT2D eigenvalue weighted by Gasteiger charge is -2.41. The van der Waals surface area contributed by atoms with Crippen LogP contribution < -0.4 is 10.6 Å². The van der Waals surface area contributed by atoms with Gasteiger partial charge in [0, 0.05) is 25.7 Å². The lowest BCUT2D eigenvalue weighted by atomic mass is 9.98. The summed E-state index contributed by atoms with van der Waals surface area (Å²) in [6.07, 6.45) is 4.03. The van der Waals surface area contributed by atoms with Gasteiger partial charge in [-0.25, -0.2) is 0 Å². The average Bonchev–Trinajstić information content (AvgIpc) is 3.02. The fraction of sp³-hybridized carbons (Fsp3) is 0.688. The smallest absolute Gasteiger partial charge is 0.191 e. The Morgan fingerprint density at radius 1 is 1.27 bits per heavy atom. The second-order valence-electron chi connectivity index (χ2n) is 6.27. The summed E-state index contributed by atoms with van der Waals surface area (Å²) in [5, 5.41) is 11.1. The fourth-order valence-corrected chi connectivity index (χ4v) is 3.38. The summed E-state index contributed by atoms with van der Waals surface area (Å²) < 4.78 is 0. The summed E-state index contributed by atoms with van der Waals surface area (Å²) in [7, 11) is 1.83. The van der Waals surface area contributed by atoms with E-state index in [1.165, 1.54) is 37.9 Å². The molecule has 1 aromatic heterocycles. The molecule has 1 aromatic rings. The summed E-state index contributed by atoms with van der Waals surface area (Å²) in [6, 6.07) is 2.14. The number of thiophene rings is 1. The maximum atomic E-state index is 4.32. The van der Waals surface area contributed by atoms with Gasteiger partial charge in [0.1, 0.15) is 0 Å². The minimum absolute atomic E-state index is 0. The fourth-order valence-electron chi connectivity index (χ4n) is 2.71. The zero-order valence-corrected chi connectivity index (χ0v) is 17.0. The van der Waals surface area contributed by atoms with E-state index in [9.17, 15) is 0 Å². The molecule has 1 aliphatic rings. The van der Waals surface area contributed by atoms with Crippen molar-refractivity contribution in [3.8, 4) is 0 Å². The molecular weight excluding hydrogens is 407 g/mol. The van der Waals surface area contributed by atoms with Crippen molar-refractivity contribution in [3.05, 3.63) is 22.4 Å². The molecule has 0 bridgehead atoms. The first-order valence-corrected chi connectivity index (χ1v) is 8.77. The standard InChI is InChI=1S/C16H28N4S.HI/c1-16(2,20-8-5-4-6-9-20)13-19-15(17-3)18-11-14-7-10-21-12-14;/h7,10,12H,4-6,8-9,11,13H2,1-3H3,(H2,17,18,19);1H. The van der Waals surface area contributed by atoms with Crippen molar-refractivity contribution >= 4 is 41.3 Å². The summed E-state index contributed by atoms with van der Waals surface area (Å²) in [5.41, 5.74) is 1.47. The number of hydrogen-bond donors (Lipinski definition) is 2. The molecule has 0 radical (unpaired) electrons. The molecular formula is C16H29IN4S. The van der Waals surface area contributed by atoms with E-state index in [4.69, 9.17) is 0 Å². The van der Waals surface area contributed by atoms with E-state index in [1.54, 1.807) is 11.3 Å². The Morgan fingerprint density at radius 3 is 2.59 bits per heavy atom. The zero-order valence-electron chi connectivity index (χ0n) is 13.9. The normalized spacial score (nSPS) is 17.0. The summed E-state index contributed by atoms with van der Waals surface area (Å²) in [6.45, 7) is 8.81. The number of guanidine groups is 1. The Kier molecular flexibility index (Phi) is 8.71. The van der Waals surface area contributed by atoms with Gasteiger partial charge < -0.3 is 10.6 Å². The number of halogens is 1. The Bertz CT molecular complexity index is 439. The molecule has 2 N–H and O–H groups in total. The molecule has 0 amide bonds. The highest BCUT2D eigenvalue weighted by molar-refractivity contribution is 14.0. The van der Waals surface area contributed by atoms with Gasteiger partial charge in [-0.3, -0.25) is 9.89 Å². The van der Waals surface area contributed by atoms with Crippen molar-refractivity contribution < 1.29 is 0 Å². The molecule has 22 heavy (non-hydrogen) atoms. The molecule has 126 valence electrons. The van der Waals surface area contributed by atoms with Gasteiger partial charge in [-0.1, -0.05) is 6.42 Å². The number of piperidine rings is 1. The van der Waals surface area contributed by atoms with E-state index in [0.717, 1.165) is 19.0 Å². The third-order valence-electron chi connectivity index (χ3n) is 4.16. The first-order valence-electron chi connectivity index (χ1n) is 7.82. The second kappa shape index (κ2) is 9.72. The van der Waals surface area contributed by atoms with Crippen LogP contribution in [0.2, 0.25) is 0 Å². The van der Waals surface area contributed by atoms with E-state index < -0.39 is 0 Å². The predicted molar refractivity (Wildman–Crippen MR) is 107 cm³/mol. The van der Waals surface area contributed by atoms with Crippen LogP contribution in [0, 0.1) is 0 Å². The van der Waals surface area contributed by atoms with E-state index >= 15 is 0 Å². The minimum atomic E-state index is 0. The number of hydrogen-bond acceptors (Lipinski definition) is 3. The van der Waals surface area contributed by atoms with Crippen molar-refractivity contribution in [3.63, 3.8) is 0 Å². The van der Waals surface area contributed by atoms with Gasteiger partial charge in [0.25, 0.3) is 0 Å². The number of rotatable bonds is 5. The molecule has 0 saturated carbocycles. The molecule has 6 heteroatoms. The molecule has 4 nitrogen and oxygen atoms in total. The Labute approximate surface area is 155 Å². The van der Waals surface area contributed by atoms with Crippen LogP contribution in [0.25, 0.3) is 0 Å². The number of likely N-dealkylation sites (tertiary alicyclic amines) is 1. The Morgan fingerprint density at radius 2 is 2.00 bits per heavy atom. The van der Waals surface area contributed by atoms with Crippen molar-refractivity contribution in [1.29, 1.82) is 0 Å². The van der Waals surface area contributed by atoms with E-state index in [2.05, 4.69) is 51.2 Å². The topological polar surface area (TPSA) is 39.7 Å². The van der Waals surface area contributed by atoms with Gasteiger partial charge in [0.2, 0.25) is 0 Å². The molecule has 0 unspecified atom stereocenters. The maximum absolute atomic E-state index is 4.32. The van der Waals surface area contributed by atoms with E-state index in [1.807, 2.05) is 7.05 Å². The molecule has 2 rings (SSSR count). The van der Waals surface area contributed by atoms with Crippen LogP contribution in [0.5, 0.6) is 0 Å². The molecule has 1 aliphatic heterocycles. The summed E-state index contributed by atoms with van der Waals surface area (Å²) in [4.78, 5) is 6.91. The molecule has 1 saturated heterocycles. The second-order valence-corrected chi connectivity index (χ2v) is 7.05. The lowest BCUT2D eigenvalue weighted by Crippen LogP contribution is -2.54. The molecule has 0 atom stereocenters. The van der Waals surface area contributed by atoms with Gasteiger partial charge in [-0.05, 0) is 62.2 Å². The largest absolute Gasteiger partial charge is 0.355 e. The Hall–Kier alpha value is -0.340. The highest BCUT2D eigenvalue weighted by Crippen LogP contribution is 2.19. The number of aliphatic imine (C=N–C) groups is 1. The SMILES string of the molecule is CN=C(NCc1ccsc1)NCC(C)(C)N1CCCCC1.I. The van der Waals surface area contributed by atoms with E-state index in [-0.39, 0.29) is 29.5 Å².